The van der Waals surface area contributed by atoms with Crippen LogP contribution in [0.1, 0.15) is 92.9 Å². The number of nitrogens with two attached hydrogens (primary N) is 1. The molecule has 2 bridgehead atoms. The largest absolute Gasteiger partial charge is 0.462 e. The summed E-state index contributed by atoms with van der Waals surface area (Å²) in [6.07, 6.45) is 7.04. The van der Waals surface area contributed by atoms with E-state index in [2.05, 4.69) is 27.4 Å². The summed E-state index contributed by atoms with van der Waals surface area (Å²) in [6, 6.07) is -0.501. The fourth-order valence-corrected chi connectivity index (χ4v) is 9.98. The van der Waals surface area contributed by atoms with E-state index >= 15 is 0 Å². The van der Waals surface area contributed by atoms with Crippen LogP contribution in [0, 0.1) is 39.9 Å². The van der Waals surface area contributed by atoms with E-state index < -0.39 is 23.7 Å². The molecule has 1 amide bonds. The minimum absolute atomic E-state index is 0.0117. The predicted molar refractivity (Wildman–Crippen MR) is 164 cm³/mol. The van der Waals surface area contributed by atoms with Gasteiger partial charge in [0, 0.05) is 36.1 Å². The molecule has 4 rings (SSSR count). The van der Waals surface area contributed by atoms with Crippen molar-refractivity contribution in [2.45, 2.75) is 116 Å². The second-order valence-corrected chi connectivity index (χ2v) is 16.0. The van der Waals surface area contributed by atoms with Gasteiger partial charge in [0.25, 0.3) is 0 Å². The van der Waals surface area contributed by atoms with Crippen molar-refractivity contribution in [1.82, 2.24) is 4.90 Å². The SMILES string of the molecule is C=C[C@]1(C)C[C@@H](OC(=O)CSC2CCCN(C(=O)C(N)C(C)C)C2)C[C@@]2(C)C3C(=O)CCC3(CC[C@H]2C)[C@@H](C)C1O. The van der Waals surface area contributed by atoms with Crippen LogP contribution in [0.5, 0.6) is 0 Å². The molecule has 0 aromatic rings. The predicted octanol–water partition coefficient (Wildman–Crippen LogP) is 4.99. The maximum Gasteiger partial charge on any atom is 0.316 e. The van der Waals surface area contributed by atoms with E-state index in [1.54, 1.807) is 11.8 Å². The molecule has 8 heteroatoms. The van der Waals surface area contributed by atoms with Gasteiger partial charge in [0.05, 0.1) is 17.9 Å². The van der Waals surface area contributed by atoms with Crippen LogP contribution in [0.25, 0.3) is 0 Å². The van der Waals surface area contributed by atoms with Crippen LogP contribution in [-0.2, 0) is 19.1 Å². The molecule has 0 aromatic heterocycles. The van der Waals surface area contributed by atoms with E-state index in [0.29, 0.717) is 44.1 Å². The number of rotatable bonds is 7. The Kier molecular flexibility index (Phi) is 9.77. The van der Waals surface area contributed by atoms with Gasteiger partial charge in [-0.25, -0.2) is 0 Å². The van der Waals surface area contributed by atoms with Gasteiger partial charge in [0.2, 0.25) is 5.91 Å². The van der Waals surface area contributed by atoms with E-state index in [-0.39, 0.29) is 51.5 Å². The molecule has 0 aromatic carbocycles. The number of carbonyl (C=O) groups excluding carboxylic acids is 3. The molecule has 3 N–H and O–H groups in total. The van der Waals surface area contributed by atoms with Crippen LogP contribution in [0.2, 0.25) is 0 Å². The lowest BCUT2D eigenvalue weighted by molar-refractivity contribution is -0.154. The summed E-state index contributed by atoms with van der Waals surface area (Å²) >= 11 is 1.56. The first-order valence-corrected chi connectivity index (χ1v) is 16.9. The number of esters is 1. The summed E-state index contributed by atoms with van der Waals surface area (Å²) in [7, 11) is 0. The number of amides is 1. The van der Waals surface area contributed by atoms with E-state index in [9.17, 15) is 19.5 Å². The maximum atomic E-state index is 13.5. The van der Waals surface area contributed by atoms with E-state index in [1.165, 1.54) is 0 Å². The lowest BCUT2D eigenvalue weighted by Crippen LogP contribution is -2.54. The highest BCUT2D eigenvalue weighted by atomic mass is 32.2. The van der Waals surface area contributed by atoms with Gasteiger partial charge < -0.3 is 20.5 Å². The molecular weight excluding hydrogens is 536 g/mol. The zero-order valence-electron chi connectivity index (χ0n) is 26.2. The van der Waals surface area contributed by atoms with Gasteiger partial charge in [0.1, 0.15) is 11.9 Å². The van der Waals surface area contributed by atoms with E-state index in [1.807, 2.05) is 31.7 Å². The van der Waals surface area contributed by atoms with Crippen molar-refractivity contribution < 1.29 is 24.2 Å². The lowest BCUT2D eigenvalue weighted by atomic mass is 9.48. The Balaban J connectivity index is 1.50. The summed E-state index contributed by atoms with van der Waals surface area (Å²) in [4.78, 5) is 41.5. The molecule has 7 nitrogen and oxygen atoms in total. The van der Waals surface area contributed by atoms with Crippen LogP contribution in [-0.4, -0.2) is 70.0 Å². The minimum Gasteiger partial charge on any atom is -0.462 e. The number of ether oxygens (including phenoxy) is 1. The molecule has 10 atom stereocenters. The number of hydrogen-bond acceptors (Lipinski definition) is 7. The quantitative estimate of drug-likeness (QED) is 0.318. The molecule has 4 aliphatic rings. The lowest BCUT2D eigenvalue weighted by Gasteiger charge is -2.56. The summed E-state index contributed by atoms with van der Waals surface area (Å²) < 4.78 is 6.25. The maximum absolute atomic E-state index is 13.5. The number of ketones is 1. The Labute approximate surface area is 251 Å². The summed E-state index contributed by atoms with van der Waals surface area (Å²) in [6.45, 7) is 18.0. The summed E-state index contributed by atoms with van der Waals surface area (Å²) in [5, 5.41) is 12.0. The molecule has 232 valence electrons. The van der Waals surface area contributed by atoms with E-state index in [0.717, 1.165) is 32.1 Å². The number of Topliss-reactive ketones (excluding diaryl/α,β-unsaturated/α-hetero) is 1. The number of aliphatic hydroxyl groups is 1. The van der Waals surface area contributed by atoms with Crippen LogP contribution in [0.4, 0.5) is 0 Å². The van der Waals surface area contributed by atoms with Crippen molar-refractivity contribution in [3.63, 3.8) is 0 Å². The third-order valence-electron chi connectivity index (χ3n) is 11.8. The van der Waals surface area contributed by atoms with Gasteiger partial charge in [-0.1, -0.05) is 47.6 Å². The minimum atomic E-state index is -0.678. The summed E-state index contributed by atoms with van der Waals surface area (Å²) in [5.74, 6) is 0.456. The topological polar surface area (TPSA) is 110 Å². The molecule has 3 aliphatic carbocycles. The van der Waals surface area contributed by atoms with E-state index in [4.69, 9.17) is 10.5 Å². The molecule has 1 saturated heterocycles. The first-order chi connectivity index (χ1) is 19.2. The standard InChI is InChI=1S/C33H54N2O5S/c1-8-31(6)16-23(40-26(37)19-41-24-10-9-15-35(18-24)30(39)27(34)20(2)3)17-32(7)21(4)11-13-33(22(5)29(31)38)14-12-25(36)28(32)33/h8,20-24,27-29,38H,1,9-19,34H2,2-7H3/t21-,22+,23-,24?,27?,28?,29?,31-,32-,33?/m1/s1. The second-order valence-electron chi connectivity index (χ2n) is 14.7. The second kappa shape index (κ2) is 12.3. The van der Waals surface area contributed by atoms with Crippen LogP contribution in [0.15, 0.2) is 12.7 Å². The number of carbonyl (C=O) groups is 3. The molecule has 3 saturated carbocycles. The van der Waals surface area contributed by atoms with Crippen molar-refractivity contribution >= 4 is 29.4 Å². The smallest absolute Gasteiger partial charge is 0.316 e. The van der Waals surface area contributed by atoms with Crippen molar-refractivity contribution in [2.75, 3.05) is 18.8 Å². The Morgan fingerprint density at radius 3 is 2.59 bits per heavy atom. The number of likely N-dealkylation sites (tertiary alicyclic amines) is 1. The first kappa shape index (κ1) is 32.5. The van der Waals surface area contributed by atoms with Gasteiger partial charge in [-0.05, 0) is 73.5 Å². The van der Waals surface area contributed by atoms with Crippen LogP contribution < -0.4 is 5.73 Å². The van der Waals surface area contributed by atoms with Crippen molar-refractivity contribution in [1.29, 1.82) is 0 Å². The van der Waals surface area contributed by atoms with Gasteiger partial charge >= 0.3 is 5.97 Å². The number of nitrogens with zero attached hydrogens (tertiary/aromatic N) is 1. The molecule has 5 unspecified atom stereocenters. The number of hydrogen-bond donors (Lipinski definition) is 2. The van der Waals surface area contributed by atoms with Gasteiger partial charge in [-0.3, -0.25) is 14.4 Å². The molecule has 1 aliphatic heterocycles. The molecule has 4 fully saturated rings. The molecule has 1 heterocycles. The average Bonchev–Trinajstić information content (AvgIpc) is 3.30. The number of piperidine rings is 1. The highest BCUT2D eigenvalue weighted by molar-refractivity contribution is 8.00. The van der Waals surface area contributed by atoms with Gasteiger partial charge in [-0.15, -0.1) is 18.3 Å². The monoisotopic (exact) mass is 590 g/mol. The number of thioether (sulfide) groups is 1. The Bertz CT molecular complexity index is 1020. The van der Waals surface area contributed by atoms with Crippen LogP contribution in [0.3, 0.4) is 0 Å². The van der Waals surface area contributed by atoms with Crippen molar-refractivity contribution in [3.05, 3.63) is 12.7 Å². The third-order valence-corrected chi connectivity index (χ3v) is 13.1. The third kappa shape index (κ3) is 6.04. The fraction of sp³-hybridized carbons (Fsp3) is 0.848. The fourth-order valence-electron chi connectivity index (χ4n) is 8.92. The normalized spacial score (nSPS) is 42.1. The number of aliphatic hydroxyl groups excluding tert-OH is 1. The summed E-state index contributed by atoms with van der Waals surface area (Å²) in [5.41, 5.74) is 4.96. The highest BCUT2D eigenvalue weighted by Gasteiger charge is 2.65. The Hall–Kier alpha value is -1.38. The Morgan fingerprint density at radius 2 is 1.93 bits per heavy atom. The first-order valence-electron chi connectivity index (χ1n) is 15.9. The highest BCUT2D eigenvalue weighted by Crippen LogP contribution is 2.66. The molecule has 41 heavy (non-hydrogen) atoms. The average molecular weight is 591 g/mol. The van der Waals surface area contributed by atoms with Crippen LogP contribution >= 0.6 is 11.8 Å². The molecule has 0 spiro atoms. The zero-order valence-corrected chi connectivity index (χ0v) is 27.0. The Morgan fingerprint density at radius 1 is 1.22 bits per heavy atom. The zero-order chi connectivity index (χ0) is 30.3. The van der Waals surface area contributed by atoms with Gasteiger partial charge in [0.15, 0.2) is 0 Å². The van der Waals surface area contributed by atoms with Crippen molar-refractivity contribution in [2.24, 2.45) is 45.7 Å². The van der Waals surface area contributed by atoms with Crippen molar-refractivity contribution in [3.8, 4) is 0 Å². The molecule has 0 radical (unpaired) electrons. The van der Waals surface area contributed by atoms with Gasteiger partial charge in [-0.2, -0.15) is 0 Å². The molecular formula is C33H54N2O5S.